The van der Waals surface area contributed by atoms with Crippen LogP contribution in [0, 0.1) is 5.92 Å². The van der Waals surface area contributed by atoms with Crippen LogP contribution in [-0.2, 0) is 20.9 Å². The lowest BCUT2D eigenvalue weighted by atomic mass is 9.72. The summed E-state index contributed by atoms with van der Waals surface area (Å²) >= 11 is 0. The molecular formula is C35H35NO6. The molecule has 4 aromatic rings. The van der Waals surface area contributed by atoms with E-state index in [1.807, 2.05) is 36.4 Å². The van der Waals surface area contributed by atoms with E-state index in [9.17, 15) is 0 Å². The number of hydrogen-bond acceptors (Lipinski definition) is 5. The lowest BCUT2D eigenvalue weighted by molar-refractivity contribution is -0.159. The highest BCUT2D eigenvalue weighted by molar-refractivity contribution is 6.27. The van der Waals surface area contributed by atoms with Crippen LogP contribution in [0.1, 0.15) is 35.4 Å². The standard InChI is InChI=1S/C33H33NO2.C2H2O4/c1-4-12-26(13-5-1)31(27-14-6-2-7-15-27)32-33(28-19-21-34(32)22-20-28)35-24-25-11-10-18-30(23-25)36-29-16-8-3-9-17-29;3-1(4)2(5)6/h1-18,23,28,31-33H,19-22,24H2;(H,3,4)(H,5,6)/t32-,33-;/m1./s1. The summed E-state index contributed by atoms with van der Waals surface area (Å²) in [4.78, 5) is 20.9. The average Bonchev–Trinajstić information content (AvgIpc) is 3.03. The third-order valence-corrected chi connectivity index (χ3v) is 7.96. The number of rotatable bonds is 8. The van der Waals surface area contributed by atoms with Crippen molar-refractivity contribution in [1.29, 1.82) is 0 Å². The number of hydrogen-bond donors (Lipinski definition) is 2. The van der Waals surface area contributed by atoms with Gasteiger partial charge >= 0.3 is 11.9 Å². The summed E-state index contributed by atoms with van der Waals surface area (Å²) in [6.07, 6.45) is 2.63. The van der Waals surface area contributed by atoms with Gasteiger partial charge in [0.15, 0.2) is 0 Å². The van der Waals surface area contributed by atoms with Gasteiger partial charge in [0.25, 0.3) is 0 Å². The third-order valence-electron chi connectivity index (χ3n) is 7.96. The Morgan fingerprint density at radius 2 is 1.24 bits per heavy atom. The normalized spacial score (nSPS) is 20.8. The molecule has 42 heavy (non-hydrogen) atoms. The highest BCUT2D eigenvalue weighted by Crippen LogP contribution is 2.43. The molecule has 2 atom stereocenters. The van der Waals surface area contributed by atoms with Gasteiger partial charge in [-0.1, -0.05) is 91.0 Å². The smallest absolute Gasteiger partial charge is 0.414 e. The number of para-hydroxylation sites is 1. The van der Waals surface area contributed by atoms with Gasteiger partial charge in [0.05, 0.1) is 12.7 Å². The first-order valence-corrected chi connectivity index (χ1v) is 14.2. The summed E-state index contributed by atoms with van der Waals surface area (Å²) in [6.45, 7) is 2.91. The molecular weight excluding hydrogens is 530 g/mol. The number of aliphatic carboxylic acids is 2. The predicted molar refractivity (Wildman–Crippen MR) is 160 cm³/mol. The van der Waals surface area contributed by atoms with Crippen LogP contribution in [0.2, 0.25) is 0 Å². The Hall–Kier alpha value is -4.46. The van der Waals surface area contributed by atoms with Crippen molar-refractivity contribution >= 4 is 11.9 Å². The van der Waals surface area contributed by atoms with Crippen LogP contribution in [0.15, 0.2) is 115 Å². The third kappa shape index (κ3) is 7.24. The maximum Gasteiger partial charge on any atom is 0.414 e. The Kier molecular flexibility index (Phi) is 9.64. The van der Waals surface area contributed by atoms with E-state index in [1.165, 1.54) is 24.0 Å². The molecule has 0 saturated carbocycles. The summed E-state index contributed by atoms with van der Waals surface area (Å²) in [6, 6.07) is 40.6. The molecule has 4 aromatic carbocycles. The number of fused-ring (bicyclic) bond motifs is 3. The minimum absolute atomic E-state index is 0.191. The van der Waals surface area contributed by atoms with Crippen molar-refractivity contribution in [2.45, 2.75) is 37.5 Å². The molecule has 2 N–H and O–H groups in total. The van der Waals surface area contributed by atoms with E-state index >= 15 is 0 Å². The molecule has 7 rings (SSSR count). The molecule has 3 saturated heterocycles. The van der Waals surface area contributed by atoms with E-state index in [4.69, 9.17) is 29.3 Å². The molecule has 2 bridgehead atoms. The van der Waals surface area contributed by atoms with Gasteiger partial charge in [0, 0.05) is 12.0 Å². The number of benzene rings is 4. The first-order valence-electron chi connectivity index (χ1n) is 14.2. The monoisotopic (exact) mass is 565 g/mol. The van der Waals surface area contributed by atoms with E-state index in [-0.39, 0.29) is 12.0 Å². The summed E-state index contributed by atoms with van der Waals surface area (Å²) in [5, 5.41) is 14.8. The lowest BCUT2D eigenvalue weighted by Crippen LogP contribution is -2.60. The van der Waals surface area contributed by atoms with Crippen molar-refractivity contribution in [3.05, 3.63) is 132 Å². The van der Waals surface area contributed by atoms with E-state index in [0.29, 0.717) is 18.6 Å². The highest BCUT2D eigenvalue weighted by atomic mass is 16.5. The van der Waals surface area contributed by atoms with Crippen LogP contribution in [0.25, 0.3) is 0 Å². The molecule has 3 aliphatic rings. The molecule has 3 aliphatic heterocycles. The summed E-state index contributed by atoms with van der Waals surface area (Å²) < 4.78 is 12.9. The average molecular weight is 566 g/mol. The maximum absolute atomic E-state index is 9.10. The Morgan fingerprint density at radius 1 is 0.714 bits per heavy atom. The molecule has 0 spiro atoms. The zero-order valence-electron chi connectivity index (χ0n) is 23.3. The highest BCUT2D eigenvalue weighted by Gasteiger charge is 2.47. The molecule has 0 unspecified atom stereocenters. The number of carboxylic acid groups (broad SMARTS) is 2. The largest absolute Gasteiger partial charge is 0.473 e. The molecule has 3 heterocycles. The van der Waals surface area contributed by atoms with Crippen LogP contribution in [0.5, 0.6) is 11.5 Å². The molecule has 7 heteroatoms. The van der Waals surface area contributed by atoms with Crippen molar-refractivity contribution in [1.82, 2.24) is 4.90 Å². The lowest BCUT2D eigenvalue weighted by Gasteiger charge is -2.53. The Morgan fingerprint density at radius 3 is 1.79 bits per heavy atom. The van der Waals surface area contributed by atoms with Crippen molar-refractivity contribution in [2.24, 2.45) is 5.92 Å². The van der Waals surface area contributed by atoms with Crippen LogP contribution >= 0.6 is 0 Å². The van der Waals surface area contributed by atoms with Crippen LogP contribution < -0.4 is 4.74 Å². The molecule has 216 valence electrons. The topological polar surface area (TPSA) is 96.3 Å². The van der Waals surface area contributed by atoms with Gasteiger partial charge in [-0.05, 0) is 72.8 Å². The predicted octanol–water partition coefficient (Wildman–Crippen LogP) is 6.45. The van der Waals surface area contributed by atoms with Crippen molar-refractivity contribution in [2.75, 3.05) is 13.1 Å². The second kappa shape index (κ2) is 13.9. The minimum Gasteiger partial charge on any atom is -0.473 e. The van der Waals surface area contributed by atoms with Gasteiger partial charge in [-0.15, -0.1) is 0 Å². The Balaban J connectivity index is 0.000000535. The van der Waals surface area contributed by atoms with Gasteiger partial charge in [0.1, 0.15) is 11.5 Å². The SMILES string of the molecule is O=C(O)C(=O)O.c1ccc(Oc2cccc(CO[C@@H]3C4CCN(CC4)[C@@H]3C(c3ccccc3)c3ccccc3)c2)cc1. The van der Waals surface area contributed by atoms with E-state index in [1.54, 1.807) is 0 Å². The zero-order chi connectivity index (χ0) is 29.3. The van der Waals surface area contributed by atoms with Crippen LogP contribution in [0.3, 0.4) is 0 Å². The van der Waals surface area contributed by atoms with E-state index in [2.05, 4.69) is 83.8 Å². The van der Waals surface area contributed by atoms with Gasteiger partial charge < -0.3 is 19.7 Å². The first-order chi connectivity index (χ1) is 20.5. The summed E-state index contributed by atoms with van der Waals surface area (Å²) in [5.41, 5.74) is 3.89. The van der Waals surface area contributed by atoms with E-state index < -0.39 is 11.9 Å². The second-order valence-electron chi connectivity index (χ2n) is 10.6. The fraction of sp³-hybridized carbons (Fsp3) is 0.257. The molecule has 0 amide bonds. The van der Waals surface area contributed by atoms with Crippen LogP contribution in [0.4, 0.5) is 0 Å². The second-order valence-corrected chi connectivity index (χ2v) is 10.6. The van der Waals surface area contributed by atoms with Crippen LogP contribution in [-0.4, -0.2) is 52.3 Å². The molecule has 0 aromatic heterocycles. The number of carboxylic acids is 2. The number of nitrogens with zero attached hydrogens (tertiary/aromatic N) is 1. The summed E-state index contributed by atoms with van der Waals surface area (Å²) in [5.74, 6) is -1.07. The quantitative estimate of drug-likeness (QED) is 0.237. The van der Waals surface area contributed by atoms with E-state index in [0.717, 1.165) is 30.2 Å². The van der Waals surface area contributed by atoms with Crippen molar-refractivity contribution in [3.63, 3.8) is 0 Å². The molecule has 0 aliphatic carbocycles. The zero-order valence-corrected chi connectivity index (χ0v) is 23.3. The maximum atomic E-state index is 9.10. The molecule has 3 fully saturated rings. The van der Waals surface area contributed by atoms with Gasteiger partial charge in [0.2, 0.25) is 0 Å². The molecule has 7 nitrogen and oxygen atoms in total. The number of carbonyl (C=O) groups is 2. The van der Waals surface area contributed by atoms with Gasteiger partial charge in [-0.25, -0.2) is 9.59 Å². The summed E-state index contributed by atoms with van der Waals surface area (Å²) in [7, 11) is 0. The Bertz CT molecular complexity index is 1390. The molecule has 0 radical (unpaired) electrons. The first kappa shape index (κ1) is 29.0. The minimum atomic E-state index is -1.82. The van der Waals surface area contributed by atoms with Gasteiger partial charge in [-0.2, -0.15) is 0 Å². The fourth-order valence-electron chi connectivity index (χ4n) is 6.09. The number of ether oxygens (including phenoxy) is 2. The van der Waals surface area contributed by atoms with Crippen molar-refractivity contribution in [3.8, 4) is 11.5 Å². The van der Waals surface area contributed by atoms with Crippen molar-refractivity contribution < 1.29 is 29.3 Å². The fourth-order valence-corrected chi connectivity index (χ4v) is 6.09. The Labute approximate surface area is 246 Å². The number of piperidine rings is 3. The van der Waals surface area contributed by atoms with Gasteiger partial charge in [-0.3, -0.25) is 4.90 Å².